The molecule has 6 heteroatoms. The van der Waals surface area contributed by atoms with Crippen molar-refractivity contribution < 1.29 is 4.79 Å². The summed E-state index contributed by atoms with van der Waals surface area (Å²) in [5.74, 6) is 0.235. The van der Waals surface area contributed by atoms with Gasteiger partial charge in [0, 0.05) is 55.4 Å². The van der Waals surface area contributed by atoms with E-state index in [-0.39, 0.29) is 11.9 Å². The number of piperazine rings is 1. The largest absolute Gasteiger partial charge is 0.340 e. The van der Waals surface area contributed by atoms with Gasteiger partial charge in [-0.15, -0.1) is 11.3 Å². The predicted octanol–water partition coefficient (Wildman–Crippen LogP) is 5.93. The van der Waals surface area contributed by atoms with Crippen LogP contribution in [0.15, 0.2) is 103 Å². The van der Waals surface area contributed by atoms with E-state index < -0.39 is 0 Å². The molecule has 0 radical (unpaired) electrons. The summed E-state index contributed by atoms with van der Waals surface area (Å²) >= 11 is 1.64. The van der Waals surface area contributed by atoms with Gasteiger partial charge in [0.25, 0.3) is 0 Å². The van der Waals surface area contributed by atoms with Gasteiger partial charge in [0.15, 0.2) is 4.96 Å². The van der Waals surface area contributed by atoms with Crippen LogP contribution in [0.4, 0.5) is 0 Å². The van der Waals surface area contributed by atoms with Gasteiger partial charge in [0.2, 0.25) is 5.91 Å². The summed E-state index contributed by atoms with van der Waals surface area (Å²) in [5.41, 5.74) is 5.83. The zero-order valence-electron chi connectivity index (χ0n) is 20.7. The molecule has 6 rings (SSSR count). The van der Waals surface area contributed by atoms with Gasteiger partial charge in [-0.2, -0.15) is 0 Å². The van der Waals surface area contributed by atoms with Crippen LogP contribution in [0.25, 0.3) is 16.2 Å². The molecule has 0 unspecified atom stereocenters. The maximum absolute atomic E-state index is 13.2. The van der Waals surface area contributed by atoms with E-state index in [0.717, 1.165) is 54.5 Å². The van der Waals surface area contributed by atoms with E-state index in [9.17, 15) is 4.79 Å². The molecule has 2 aromatic heterocycles. The van der Waals surface area contributed by atoms with Crippen molar-refractivity contribution in [2.75, 3.05) is 26.2 Å². The number of nitrogens with zero attached hydrogens (tertiary/aromatic N) is 4. The summed E-state index contributed by atoms with van der Waals surface area (Å²) in [4.78, 5) is 23.5. The average molecular weight is 507 g/mol. The molecule has 37 heavy (non-hydrogen) atoms. The third-order valence-corrected chi connectivity index (χ3v) is 8.10. The molecule has 0 saturated carbocycles. The highest BCUT2D eigenvalue weighted by Crippen LogP contribution is 2.30. The minimum atomic E-state index is 0.207. The summed E-state index contributed by atoms with van der Waals surface area (Å²) in [6.45, 7) is 3.25. The predicted molar refractivity (Wildman–Crippen MR) is 150 cm³/mol. The number of rotatable bonds is 7. The van der Waals surface area contributed by atoms with Crippen LogP contribution in [-0.2, 0) is 11.2 Å². The summed E-state index contributed by atoms with van der Waals surface area (Å²) in [7, 11) is 0. The van der Waals surface area contributed by atoms with Crippen molar-refractivity contribution in [3.8, 4) is 11.3 Å². The van der Waals surface area contributed by atoms with Crippen LogP contribution in [0.3, 0.4) is 0 Å². The standard InChI is InChI=1S/C31H30N4OS/c36-29(17-16-27-23-37-31-32-28(22-35(27)31)24-10-4-1-5-11-24)33-18-20-34(21-19-33)30(25-12-6-2-7-13-25)26-14-8-3-9-15-26/h1-15,22-23,30H,16-21H2. The number of amides is 1. The van der Waals surface area contributed by atoms with Crippen LogP contribution in [0.1, 0.15) is 29.3 Å². The SMILES string of the molecule is O=C(CCc1csc2nc(-c3ccccc3)cn12)N1CCN(C(c2ccccc2)c2ccccc2)CC1. The zero-order chi connectivity index (χ0) is 25.0. The second-order valence-electron chi connectivity index (χ2n) is 9.51. The fraction of sp³-hybridized carbons (Fsp3) is 0.226. The van der Waals surface area contributed by atoms with Crippen LogP contribution < -0.4 is 0 Å². The number of aromatic nitrogens is 2. The Morgan fingerprint density at radius 2 is 1.41 bits per heavy atom. The molecular formula is C31H30N4OS. The van der Waals surface area contributed by atoms with E-state index in [1.54, 1.807) is 11.3 Å². The molecule has 1 aliphatic heterocycles. The van der Waals surface area contributed by atoms with Gasteiger partial charge in [0.1, 0.15) is 0 Å². The van der Waals surface area contributed by atoms with Crippen LogP contribution in [-0.4, -0.2) is 51.3 Å². The molecule has 5 nitrogen and oxygen atoms in total. The lowest BCUT2D eigenvalue weighted by Gasteiger charge is -2.40. The number of carbonyl (C=O) groups excluding carboxylic acids is 1. The normalized spacial score (nSPS) is 14.5. The fourth-order valence-electron chi connectivity index (χ4n) is 5.26. The van der Waals surface area contributed by atoms with E-state index in [1.165, 1.54) is 11.1 Å². The topological polar surface area (TPSA) is 40.9 Å². The molecule has 3 aromatic carbocycles. The highest BCUT2D eigenvalue weighted by molar-refractivity contribution is 7.15. The van der Waals surface area contributed by atoms with Gasteiger partial charge in [-0.25, -0.2) is 4.98 Å². The number of aryl methyl sites for hydroxylation is 1. The van der Waals surface area contributed by atoms with Crippen molar-refractivity contribution in [2.24, 2.45) is 0 Å². The fourth-order valence-corrected chi connectivity index (χ4v) is 6.17. The first-order valence-corrected chi connectivity index (χ1v) is 13.8. The summed E-state index contributed by atoms with van der Waals surface area (Å²) in [5, 5.41) is 2.13. The van der Waals surface area contributed by atoms with E-state index >= 15 is 0 Å². The number of benzene rings is 3. The average Bonchev–Trinajstić information content (AvgIpc) is 3.55. The summed E-state index contributed by atoms with van der Waals surface area (Å²) in [6, 6.07) is 31.8. The lowest BCUT2D eigenvalue weighted by Crippen LogP contribution is -2.49. The highest BCUT2D eigenvalue weighted by Gasteiger charge is 2.28. The van der Waals surface area contributed by atoms with E-state index in [4.69, 9.17) is 4.98 Å². The van der Waals surface area contributed by atoms with Crippen molar-refractivity contribution in [3.63, 3.8) is 0 Å². The molecule has 1 fully saturated rings. The minimum absolute atomic E-state index is 0.207. The molecule has 1 saturated heterocycles. The Morgan fingerprint density at radius 1 is 0.811 bits per heavy atom. The van der Waals surface area contributed by atoms with Gasteiger partial charge in [-0.05, 0) is 17.5 Å². The van der Waals surface area contributed by atoms with Crippen LogP contribution in [0, 0.1) is 0 Å². The molecule has 0 bridgehead atoms. The monoisotopic (exact) mass is 506 g/mol. The number of imidazole rings is 1. The lowest BCUT2D eigenvalue weighted by atomic mass is 9.96. The minimum Gasteiger partial charge on any atom is -0.340 e. The molecule has 5 aromatic rings. The number of carbonyl (C=O) groups is 1. The van der Waals surface area contributed by atoms with Gasteiger partial charge in [-0.3, -0.25) is 14.1 Å². The van der Waals surface area contributed by atoms with E-state index in [0.29, 0.717) is 6.42 Å². The van der Waals surface area contributed by atoms with Gasteiger partial charge < -0.3 is 4.90 Å². The molecule has 0 aliphatic carbocycles. The first-order valence-electron chi connectivity index (χ1n) is 12.9. The van der Waals surface area contributed by atoms with Crippen molar-refractivity contribution >= 4 is 22.2 Å². The zero-order valence-corrected chi connectivity index (χ0v) is 21.6. The van der Waals surface area contributed by atoms with Crippen LogP contribution in [0.5, 0.6) is 0 Å². The molecule has 0 atom stereocenters. The Morgan fingerprint density at radius 3 is 2.03 bits per heavy atom. The second kappa shape index (κ2) is 10.7. The van der Waals surface area contributed by atoms with Gasteiger partial charge in [0.05, 0.1) is 11.7 Å². The summed E-state index contributed by atoms with van der Waals surface area (Å²) < 4.78 is 2.14. The molecule has 3 heterocycles. The maximum Gasteiger partial charge on any atom is 0.223 e. The molecule has 1 amide bonds. The Balaban J connectivity index is 1.09. The van der Waals surface area contributed by atoms with E-state index in [1.807, 2.05) is 23.1 Å². The third kappa shape index (κ3) is 5.08. The number of hydrogen-bond donors (Lipinski definition) is 0. The first-order chi connectivity index (χ1) is 18.3. The number of fused-ring (bicyclic) bond motifs is 1. The number of hydrogen-bond acceptors (Lipinski definition) is 4. The molecule has 0 N–H and O–H groups in total. The lowest BCUT2D eigenvalue weighted by molar-refractivity contribution is -0.133. The van der Waals surface area contributed by atoms with Crippen LogP contribution >= 0.6 is 11.3 Å². The Labute approximate surface area is 221 Å². The van der Waals surface area contributed by atoms with Crippen LogP contribution in [0.2, 0.25) is 0 Å². The van der Waals surface area contributed by atoms with Crippen molar-refractivity contribution in [3.05, 3.63) is 119 Å². The summed E-state index contributed by atoms with van der Waals surface area (Å²) in [6.07, 6.45) is 3.33. The smallest absolute Gasteiger partial charge is 0.223 e. The quantitative estimate of drug-likeness (QED) is 0.275. The molecule has 0 spiro atoms. The Kier molecular flexibility index (Phi) is 6.84. The van der Waals surface area contributed by atoms with Gasteiger partial charge >= 0.3 is 0 Å². The maximum atomic E-state index is 13.2. The molecule has 186 valence electrons. The molecule has 1 aliphatic rings. The van der Waals surface area contributed by atoms with Crippen molar-refractivity contribution in [1.29, 1.82) is 0 Å². The van der Waals surface area contributed by atoms with Gasteiger partial charge in [-0.1, -0.05) is 91.0 Å². The Hall–Kier alpha value is -3.74. The van der Waals surface area contributed by atoms with E-state index in [2.05, 4.69) is 93.7 Å². The Bertz CT molecular complexity index is 1420. The van der Waals surface area contributed by atoms with Crippen molar-refractivity contribution in [2.45, 2.75) is 18.9 Å². The van der Waals surface area contributed by atoms with Crippen molar-refractivity contribution in [1.82, 2.24) is 19.2 Å². The second-order valence-corrected chi connectivity index (χ2v) is 10.3. The number of thiazole rings is 1. The highest BCUT2D eigenvalue weighted by atomic mass is 32.1. The first kappa shape index (κ1) is 23.6. The molecular weight excluding hydrogens is 476 g/mol. The third-order valence-electron chi connectivity index (χ3n) is 7.21.